The number of nitrogens with one attached hydrogen (secondary N) is 3. The minimum atomic E-state index is -3.70. The number of amides is 2. The summed E-state index contributed by atoms with van der Waals surface area (Å²) in [6, 6.07) is 4.25. The van der Waals surface area contributed by atoms with E-state index in [0.29, 0.717) is 6.54 Å². The van der Waals surface area contributed by atoms with Crippen LogP contribution in [-0.2, 0) is 10.0 Å². The molecule has 0 bridgehead atoms. The highest BCUT2D eigenvalue weighted by Crippen LogP contribution is 2.09. The number of likely N-dealkylation sites (tertiary alicyclic amines) is 1. The van der Waals surface area contributed by atoms with Crippen molar-refractivity contribution in [2.24, 2.45) is 0 Å². The highest BCUT2D eigenvalue weighted by Gasteiger charge is 2.13. The summed E-state index contributed by atoms with van der Waals surface area (Å²) in [6.45, 7) is 4.07. The lowest BCUT2D eigenvalue weighted by Gasteiger charge is -2.26. The van der Waals surface area contributed by atoms with E-state index in [1.54, 1.807) is 0 Å². The third-order valence-corrected chi connectivity index (χ3v) is 5.69. The number of rotatable bonds is 9. The number of benzene rings is 1. The second-order valence-corrected chi connectivity index (χ2v) is 8.06. The van der Waals surface area contributed by atoms with Crippen LogP contribution in [-0.4, -0.2) is 58.6 Å². The average Bonchev–Trinajstić information content (AvgIpc) is 2.64. The molecule has 0 atom stereocenters. The Labute approximate surface area is 154 Å². The van der Waals surface area contributed by atoms with E-state index in [0.717, 1.165) is 38.2 Å². The third-order valence-electron chi connectivity index (χ3n) is 4.21. The molecule has 2 amide bonds. The van der Waals surface area contributed by atoms with Crippen molar-refractivity contribution in [3.63, 3.8) is 0 Å². The van der Waals surface area contributed by atoms with Crippen molar-refractivity contribution in [2.45, 2.75) is 30.6 Å². The summed E-state index contributed by atoms with van der Waals surface area (Å²) in [6.07, 6.45) is 4.70. The largest absolute Gasteiger partial charge is 0.338 e. The Balaban J connectivity index is 1.55. The first-order valence-electron chi connectivity index (χ1n) is 8.97. The molecule has 0 aliphatic carbocycles. The number of hydrogen-bond donors (Lipinski definition) is 3. The first kappa shape index (κ1) is 20.6. The number of carbonyl (C=O) groups is 1. The predicted octanol–water partition coefficient (Wildman–Crippen LogP) is 1.28. The molecular formula is C17H27FN4O3S. The molecule has 3 N–H and O–H groups in total. The molecule has 1 aromatic rings. The molecule has 1 fully saturated rings. The molecule has 9 heteroatoms. The van der Waals surface area contributed by atoms with E-state index in [4.69, 9.17) is 0 Å². The van der Waals surface area contributed by atoms with Gasteiger partial charge in [-0.2, -0.15) is 0 Å². The number of urea groups is 1. The van der Waals surface area contributed by atoms with Crippen molar-refractivity contribution in [1.82, 2.24) is 20.3 Å². The van der Waals surface area contributed by atoms with E-state index in [-0.39, 0.29) is 24.0 Å². The SMILES string of the molecule is O=C(NCCCN1CCCCC1)NCCNS(=O)(=O)c1ccc(F)cc1. The van der Waals surface area contributed by atoms with E-state index in [1.807, 2.05) is 0 Å². The van der Waals surface area contributed by atoms with Crippen molar-refractivity contribution < 1.29 is 17.6 Å². The maximum atomic E-state index is 12.8. The Morgan fingerprint density at radius 2 is 1.65 bits per heavy atom. The second-order valence-electron chi connectivity index (χ2n) is 6.29. The van der Waals surface area contributed by atoms with Crippen molar-refractivity contribution in [2.75, 3.05) is 39.3 Å². The Kier molecular flexibility index (Phi) is 8.27. The molecule has 1 saturated heterocycles. The fraction of sp³-hybridized carbons (Fsp3) is 0.588. The third kappa shape index (κ3) is 7.27. The number of piperidine rings is 1. The zero-order chi connectivity index (χ0) is 18.8. The summed E-state index contributed by atoms with van der Waals surface area (Å²) in [5.41, 5.74) is 0. The summed E-state index contributed by atoms with van der Waals surface area (Å²) in [5.74, 6) is -0.498. The van der Waals surface area contributed by atoms with Gasteiger partial charge in [0.15, 0.2) is 0 Å². The fourth-order valence-corrected chi connectivity index (χ4v) is 3.84. The number of carbonyl (C=O) groups excluding carboxylic acids is 1. The second kappa shape index (κ2) is 10.4. The van der Waals surface area contributed by atoms with Gasteiger partial charge in [-0.05, 0) is 63.2 Å². The standard InChI is InChI=1S/C17H27FN4O3S/c18-15-5-7-16(8-6-15)26(24,25)21-11-10-20-17(23)19-9-4-14-22-12-2-1-3-13-22/h5-8,21H,1-4,9-14H2,(H2,19,20,23). The van der Waals surface area contributed by atoms with Crippen LogP contribution >= 0.6 is 0 Å². The van der Waals surface area contributed by atoms with E-state index >= 15 is 0 Å². The van der Waals surface area contributed by atoms with Gasteiger partial charge in [0.25, 0.3) is 0 Å². The number of halogens is 1. The van der Waals surface area contributed by atoms with Gasteiger partial charge >= 0.3 is 6.03 Å². The van der Waals surface area contributed by atoms with Crippen molar-refractivity contribution in [3.8, 4) is 0 Å². The number of hydrogen-bond acceptors (Lipinski definition) is 4. The molecule has 7 nitrogen and oxygen atoms in total. The monoisotopic (exact) mass is 386 g/mol. The summed E-state index contributed by atoms with van der Waals surface area (Å²) in [4.78, 5) is 14.1. The van der Waals surface area contributed by atoms with Crippen LogP contribution < -0.4 is 15.4 Å². The lowest BCUT2D eigenvalue weighted by atomic mass is 10.1. The quantitative estimate of drug-likeness (QED) is 0.558. The van der Waals surface area contributed by atoms with Crippen LogP contribution in [0.4, 0.5) is 9.18 Å². The minimum absolute atomic E-state index is 0.0129. The smallest absolute Gasteiger partial charge is 0.314 e. The Hall–Kier alpha value is -1.71. The van der Waals surface area contributed by atoms with Gasteiger partial charge in [0.05, 0.1) is 4.90 Å². The first-order valence-corrected chi connectivity index (χ1v) is 10.4. The van der Waals surface area contributed by atoms with Crippen LogP contribution in [0.15, 0.2) is 29.2 Å². The molecular weight excluding hydrogens is 359 g/mol. The van der Waals surface area contributed by atoms with Gasteiger partial charge in [-0.15, -0.1) is 0 Å². The van der Waals surface area contributed by atoms with Crippen LogP contribution in [0.3, 0.4) is 0 Å². The Morgan fingerprint density at radius 3 is 2.35 bits per heavy atom. The first-order chi connectivity index (χ1) is 12.5. The molecule has 0 radical (unpaired) electrons. The van der Waals surface area contributed by atoms with Gasteiger partial charge in [0, 0.05) is 19.6 Å². The molecule has 0 spiro atoms. The highest BCUT2D eigenvalue weighted by molar-refractivity contribution is 7.89. The minimum Gasteiger partial charge on any atom is -0.338 e. The molecule has 1 aliphatic heterocycles. The van der Waals surface area contributed by atoms with Crippen LogP contribution in [0, 0.1) is 5.82 Å². The van der Waals surface area contributed by atoms with Gasteiger partial charge in [-0.25, -0.2) is 22.3 Å². The topological polar surface area (TPSA) is 90.5 Å². The van der Waals surface area contributed by atoms with Gasteiger partial charge < -0.3 is 15.5 Å². The fourth-order valence-electron chi connectivity index (χ4n) is 2.81. The van der Waals surface area contributed by atoms with Crippen LogP contribution in [0.5, 0.6) is 0 Å². The average molecular weight is 386 g/mol. The lowest BCUT2D eigenvalue weighted by Crippen LogP contribution is -2.41. The van der Waals surface area contributed by atoms with E-state index in [1.165, 1.54) is 31.4 Å². The maximum absolute atomic E-state index is 12.8. The number of nitrogens with zero attached hydrogens (tertiary/aromatic N) is 1. The normalized spacial score (nSPS) is 15.6. The van der Waals surface area contributed by atoms with Crippen molar-refractivity contribution in [3.05, 3.63) is 30.1 Å². The molecule has 2 rings (SSSR count). The molecule has 146 valence electrons. The molecule has 0 saturated carbocycles. The Bertz CT molecular complexity index is 661. The summed E-state index contributed by atoms with van der Waals surface area (Å²) in [7, 11) is -3.70. The van der Waals surface area contributed by atoms with Crippen molar-refractivity contribution >= 4 is 16.1 Å². The van der Waals surface area contributed by atoms with Gasteiger partial charge in [-0.3, -0.25) is 0 Å². The van der Waals surface area contributed by atoms with Gasteiger partial charge in [-0.1, -0.05) is 6.42 Å². The van der Waals surface area contributed by atoms with Crippen molar-refractivity contribution in [1.29, 1.82) is 0 Å². The molecule has 1 aromatic carbocycles. The molecule has 1 heterocycles. The maximum Gasteiger partial charge on any atom is 0.314 e. The molecule has 1 aliphatic rings. The molecule has 0 aromatic heterocycles. The summed E-state index contributed by atoms with van der Waals surface area (Å²) >= 11 is 0. The van der Waals surface area contributed by atoms with E-state index < -0.39 is 15.8 Å². The molecule has 0 unspecified atom stereocenters. The van der Waals surface area contributed by atoms with E-state index in [9.17, 15) is 17.6 Å². The summed E-state index contributed by atoms with van der Waals surface area (Å²) < 4.78 is 39.2. The summed E-state index contributed by atoms with van der Waals surface area (Å²) in [5, 5.41) is 5.37. The van der Waals surface area contributed by atoms with Crippen LogP contribution in [0.1, 0.15) is 25.7 Å². The zero-order valence-electron chi connectivity index (χ0n) is 14.8. The predicted molar refractivity (Wildman–Crippen MR) is 97.9 cm³/mol. The van der Waals surface area contributed by atoms with E-state index in [2.05, 4.69) is 20.3 Å². The lowest BCUT2D eigenvalue weighted by molar-refractivity contribution is 0.222. The van der Waals surface area contributed by atoms with Crippen LogP contribution in [0.25, 0.3) is 0 Å². The highest BCUT2D eigenvalue weighted by atomic mass is 32.2. The van der Waals surface area contributed by atoms with Gasteiger partial charge in [0.1, 0.15) is 5.82 Å². The Morgan fingerprint density at radius 1 is 1.00 bits per heavy atom. The zero-order valence-corrected chi connectivity index (χ0v) is 15.7. The van der Waals surface area contributed by atoms with Gasteiger partial charge in [0.2, 0.25) is 10.0 Å². The number of sulfonamides is 1. The van der Waals surface area contributed by atoms with Crippen LogP contribution in [0.2, 0.25) is 0 Å². The molecule has 26 heavy (non-hydrogen) atoms.